The van der Waals surface area contributed by atoms with Gasteiger partial charge in [-0.15, -0.1) is 0 Å². The van der Waals surface area contributed by atoms with Crippen LogP contribution in [0.1, 0.15) is 40.5 Å². The second kappa shape index (κ2) is 4.21. The number of ketones is 1. The molecule has 1 fully saturated rings. The van der Waals surface area contributed by atoms with Gasteiger partial charge in [0.25, 0.3) is 0 Å². The lowest BCUT2D eigenvalue weighted by Crippen LogP contribution is -2.34. The molecule has 1 N–H and O–H groups in total. The molecule has 4 nitrogen and oxygen atoms in total. The van der Waals surface area contributed by atoms with Crippen LogP contribution in [0.5, 0.6) is 0 Å². The SMILES string of the molecule is CCC(=O)C1CC1NC(=O)OC(C)(C)C. The summed E-state index contributed by atoms with van der Waals surface area (Å²) in [5, 5.41) is 2.69. The van der Waals surface area contributed by atoms with Crippen LogP contribution in [-0.4, -0.2) is 23.5 Å². The van der Waals surface area contributed by atoms with Crippen molar-refractivity contribution in [3.05, 3.63) is 0 Å². The van der Waals surface area contributed by atoms with Crippen molar-refractivity contribution in [2.45, 2.75) is 52.2 Å². The second-order valence-corrected chi connectivity index (χ2v) is 4.91. The van der Waals surface area contributed by atoms with E-state index in [0.717, 1.165) is 6.42 Å². The molecular formula is C11H19NO3. The van der Waals surface area contributed by atoms with Crippen LogP contribution in [0, 0.1) is 5.92 Å². The molecule has 1 amide bonds. The van der Waals surface area contributed by atoms with Crippen LogP contribution in [-0.2, 0) is 9.53 Å². The highest BCUT2D eigenvalue weighted by Crippen LogP contribution is 2.32. The summed E-state index contributed by atoms with van der Waals surface area (Å²) in [6, 6.07) is -0.00713. The summed E-state index contributed by atoms with van der Waals surface area (Å²) in [5.41, 5.74) is -0.483. The number of amides is 1. The molecule has 15 heavy (non-hydrogen) atoms. The van der Waals surface area contributed by atoms with Crippen LogP contribution in [0.15, 0.2) is 0 Å². The topological polar surface area (TPSA) is 55.4 Å². The van der Waals surface area contributed by atoms with Gasteiger partial charge in [0, 0.05) is 18.4 Å². The molecule has 0 aliphatic heterocycles. The Morgan fingerprint density at radius 3 is 2.47 bits per heavy atom. The molecule has 1 aliphatic carbocycles. The van der Waals surface area contributed by atoms with Crippen LogP contribution in [0.3, 0.4) is 0 Å². The molecule has 2 unspecified atom stereocenters. The number of carbonyl (C=O) groups is 2. The van der Waals surface area contributed by atoms with Crippen LogP contribution in [0.2, 0.25) is 0 Å². The van der Waals surface area contributed by atoms with E-state index < -0.39 is 11.7 Å². The van der Waals surface area contributed by atoms with Crippen molar-refractivity contribution >= 4 is 11.9 Å². The van der Waals surface area contributed by atoms with Gasteiger partial charge in [-0.1, -0.05) is 6.92 Å². The molecule has 0 aromatic heterocycles. The van der Waals surface area contributed by atoms with Crippen LogP contribution in [0.4, 0.5) is 4.79 Å². The Morgan fingerprint density at radius 2 is 2.00 bits per heavy atom. The van der Waals surface area contributed by atoms with Crippen molar-refractivity contribution < 1.29 is 14.3 Å². The standard InChI is InChI=1S/C11H19NO3/c1-5-9(13)7-6-8(7)12-10(14)15-11(2,3)4/h7-8H,5-6H2,1-4H3,(H,12,14). The van der Waals surface area contributed by atoms with E-state index in [1.54, 1.807) is 0 Å². The predicted octanol–water partition coefficient (Wildman–Crippen LogP) is 1.88. The van der Waals surface area contributed by atoms with Gasteiger partial charge in [-0.25, -0.2) is 4.79 Å². The summed E-state index contributed by atoms with van der Waals surface area (Å²) in [5.74, 6) is 0.235. The van der Waals surface area contributed by atoms with Crippen molar-refractivity contribution in [1.82, 2.24) is 5.32 Å². The van der Waals surface area contributed by atoms with E-state index in [0.29, 0.717) is 6.42 Å². The average molecular weight is 213 g/mol. The fourth-order valence-electron chi connectivity index (χ4n) is 1.43. The van der Waals surface area contributed by atoms with Gasteiger partial charge >= 0.3 is 6.09 Å². The average Bonchev–Trinajstić information content (AvgIpc) is 2.79. The van der Waals surface area contributed by atoms with Gasteiger partial charge in [0.05, 0.1) is 0 Å². The van der Waals surface area contributed by atoms with Crippen LogP contribution < -0.4 is 5.32 Å². The number of alkyl carbamates (subject to hydrolysis) is 1. The Morgan fingerprint density at radius 1 is 1.40 bits per heavy atom. The highest BCUT2D eigenvalue weighted by Gasteiger charge is 2.43. The first-order valence-electron chi connectivity index (χ1n) is 5.35. The van der Waals surface area contributed by atoms with E-state index in [1.165, 1.54) is 0 Å². The van der Waals surface area contributed by atoms with Gasteiger partial charge in [-0.05, 0) is 27.2 Å². The maximum atomic E-state index is 11.3. The molecule has 4 heteroatoms. The minimum Gasteiger partial charge on any atom is -0.444 e. The van der Waals surface area contributed by atoms with Crippen LogP contribution in [0.25, 0.3) is 0 Å². The molecule has 0 spiro atoms. The molecule has 0 aromatic rings. The lowest BCUT2D eigenvalue weighted by Gasteiger charge is -2.19. The zero-order valence-electron chi connectivity index (χ0n) is 9.79. The first kappa shape index (κ1) is 12.0. The Bertz CT molecular complexity index is 267. The van der Waals surface area contributed by atoms with Crippen molar-refractivity contribution in [2.75, 3.05) is 0 Å². The minimum absolute atomic E-state index is 0.00713. The Balaban J connectivity index is 2.28. The number of hydrogen-bond donors (Lipinski definition) is 1. The second-order valence-electron chi connectivity index (χ2n) is 4.91. The Kier molecular flexibility index (Phi) is 3.37. The minimum atomic E-state index is -0.483. The maximum absolute atomic E-state index is 11.3. The molecule has 1 rings (SSSR count). The van der Waals surface area contributed by atoms with Crippen molar-refractivity contribution in [3.8, 4) is 0 Å². The molecule has 0 heterocycles. The van der Waals surface area contributed by atoms with Gasteiger partial charge in [-0.2, -0.15) is 0 Å². The highest BCUT2D eigenvalue weighted by atomic mass is 16.6. The predicted molar refractivity (Wildman–Crippen MR) is 56.6 cm³/mol. The quantitative estimate of drug-likeness (QED) is 0.778. The molecule has 0 aromatic carbocycles. The third-order valence-electron chi connectivity index (χ3n) is 2.25. The summed E-state index contributed by atoms with van der Waals surface area (Å²) < 4.78 is 5.09. The molecule has 0 radical (unpaired) electrons. The fraction of sp³-hybridized carbons (Fsp3) is 0.818. The lowest BCUT2D eigenvalue weighted by molar-refractivity contribution is -0.120. The smallest absolute Gasteiger partial charge is 0.407 e. The number of carbonyl (C=O) groups excluding carboxylic acids is 2. The summed E-state index contributed by atoms with van der Waals surface area (Å²) in [4.78, 5) is 22.6. The molecule has 2 atom stereocenters. The number of rotatable bonds is 3. The van der Waals surface area contributed by atoms with E-state index in [9.17, 15) is 9.59 Å². The third-order valence-corrected chi connectivity index (χ3v) is 2.25. The maximum Gasteiger partial charge on any atom is 0.407 e. The summed E-state index contributed by atoms with van der Waals surface area (Å²) in [6.07, 6.45) is 0.863. The largest absolute Gasteiger partial charge is 0.444 e. The molecule has 1 saturated carbocycles. The molecule has 86 valence electrons. The zero-order chi connectivity index (χ0) is 11.6. The zero-order valence-corrected chi connectivity index (χ0v) is 9.79. The fourth-order valence-corrected chi connectivity index (χ4v) is 1.43. The number of nitrogens with one attached hydrogen (secondary N) is 1. The van der Waals surface area contributed by atoms with Gasteiger partial charge in [0.15, 0.2) is 0 Å². The van der Waals surface area contributed by atoms with E-state index in [1.807, 2.05) is 27.7 Å². The van der Waals surface area contributed by atoms with Crippen molar-refractivity contribution in [2.24, 2.45) is 5.92 Å². The Labute approximate surface area is 90.4 Å². The molecule has 0 saturated heterocycles. The van der Waals surface area contributed by atoms with Gasteiger partial charge in [0.1, 0.15) is 11.4 Å². The van der Waals surface area contributed by atoms with Gasteiger partial charge in [-0.3, -0.25) is 4.79 Å². The number of ether oxygens (including phenoxy) is 1. The van der Waals surface area contributed by atoms with Crippen molar-refractivity contribution in [3.63, 3.8) is 0 Å². The van der Waals surface area contributed by atoms with E-state index in [4.69, 9.17) is 4.74 Å². The summed E-state index contributed by atoms with van der Waals surface area (Å²) in [6.45, 7) is 7.28. The van der Waals surface area contributed by atoms with Gasteiger partial charge in [0.2, 0.25) is 0 Å². The van der Waals surface area contributed by atoms with Crippen molar-refractivity contribution in [1.29, 1.82) is 0 Å². The van der Waals surface area contributed by atoms with Crippen LogP contribution >= 0.6 is 0 Å². The monoisotopic (exact) mass is 213 g/mol. The summed E-state index contributed by atoms with van der Waals surface area (Å²) >= 11 is 0. The van der Waals surface area contributed by atoms with E-state index >= 15 is 0 Å². The normalized spacial score (nSPS) is 24.5. The molecular weight excluding hydrogens is 194 g/mol. The van der Waals surface area contributed by atoms with E-state index in [-0.39, 0.29) is 17.7 Å². The lowest BCUT2D eigenvalue weighted by atomic mass is 10.2. The van der Waals surface area contributed by atoms with E-state index in [2.05, 4.69) is 5.32 Å². The first-order valence-corrected chi connectivity index (χ1v) is 5.35. The number of Topliss-reactive ketones (excluding diaryl/α,β-unsaturated/α-hetero) is 1. The third kappa shape index (κ3) is 3.90. The highest BCUT2D eigenvalue weighted by molar-refractivity contribution is 5.85. The Hall–Kier alpha value is -1.06. The number of hydrogen-bond acceptors (Lipinski definition) is 3. The van der Waals surface area contributed by atoms with Gasteiger partial charge < -0.3 is 10.1 Å². The summed E-state index contributed by atoms with van der Waals surface area (Å²) in [7, 11) is 0. The molecule has 1 aliphatic rings. The molecule has 0 bridgehead atoms. The first-order chi connectivity index (χ1) is 6.83.